The number of hydrogen-bond acceptors (Lipinski definition) is 6. The van der Waals surface area contributed by atoms with Crippen molar-refractivity contribution in [1.82, 2.24) is 0 Å². The van der Waals surface area contributed by atoms with Crippen molar-refractivity contribution in [2.75, 3.05) is 35.3 Å². The Kier molecular flexibility index (Phi) is 6.16. The van der Waals surface area contributed by atoms with E-state index in [0.29, 0.717) is 17.2 Å². The largest absolute Gasteiger partial charge is 0.497 e. The number of rotatable bonds is 6. The van der Waals surface area contributed by atoms with E-state index in [-0.39, 0.29) is 16.3 Å². The number of benzene rings is 3. The van der Waals surface area contributed by atoms with Gasteiger partial charge in [0.2, 0.25) is 5.91 Å². The van der Waals surface area contributed by atoms with E-state index in [4.69, 9.17) is 9.47 Å². The highest BCUT2D eigenvalue weighted by atomic mass is 32.2. The lowest BCUT2D eigenvalue weighted by Gasteiger charge is -2.35. The Morgan fingerprint density at radius 2 is 1.74 bits per heavy atom. The average molecular weight is 482 g/mol. The zero-order valence-corrected chi connectivity index (χ0v) is 19.6. The molecule has 0 saturated carbocycles. The monoisotopic (exact) mass is 481 g/mol. The van der Waals surface area contributed by atoms with Crippen LogP contribution in [-0.4, -0.2) is 41.1 Å². The van der Waals surface area contributed by atoms with E-state index in [2.05, 4.69) is 5.32 Å². The molecule has 9 nitrogen and oxygen atoms in total. The Morgan fingerprint density at radius 3 is 2.44 bits per heavy atom. The molecule has 0 aliphatic carbocycles. The quantitative estimate of drug-likeness (QED) is 0.574. The van der Waals surface area contributed by atoms with Gasteiger partial charge in [-0.05, 0) is 48.9 Å². The summed E-state index contributed by atoms with van der Waals surface area (Å²) >= 11 is 0. The van der Waals surface area contributed by atoms with Gasteiger partial charge < -0.3 is 14.8 Å². The number of amides is 3. The first-order valence-corrected chi connectivity index (χ1v) is 11.7. The number of nitrogens with one attached hydrogen (secondary N) is 1. The van der Waals surface area contributed by atoms with Gasteiger partial charge in [0, 0.05) is 6.07 Å². The lowest BCUT2D eigenvalue weighted by molar-refractivity contribution is -0.114. The summed E-state index contributed by atoms with van der Waals surface area (Å²) in [5, 5.41) is 2.71. The van der Waals surface area contributed by atoms with Crippen molar-refractivity contribution in [1.29, 1.82) is 0 Å². The molecule has 1 heterocycles. The SMILES string of the molecule is COc1ccc(NC(=O)CN2C(=O)N(c3cccc(C)c3)S(=O)(=O)c3ccccc32)c(OC)c1. The Labute approximate surface area is 197 Å². The van der Waals surface area contributed by atoms with Crippen molar-refractivity contribution in [3.8, 4) is 11.5 Å². The fourth-order valence-corrected chi connectivity index (χ4v) is 5.29. The average Bonchev–Trinajstić information content (AvgIpc) is 2.82. The van der Waals surface area contributed by atoms with Crippen LogP contribution in [0.5, 0.6) is 11.5 Å². The van der Waals surface area contributed by atoms with Gasteiger partial charge in [-0.15, -0.1) is 0 Å². The molecule has 0 atom stereocenters. The first-order valence-electron chi connectivity index (χ1n) is 10.3. The van der Waals surface area contributed by atoms with Crippen LogP contribution in [0.15, 0.2) is 71.6 Å². The smallest absolute Gasteiger partial charge is 0.343 e. The minimum absolute atomic E-state index is 0.0639. The van der Waals surface area contributed by atoms with Crippen molar-refractivity contribution >= 4 is 39.0 Å². The molecule has 3 amide bonds. The van der Waals surface area contributed by atoms with E-state index >= 15 is 0 Å². The van der Waals surface area contributed by atoms with Gasteiger partial charge in [-0.3, -0.25) is 9.69 Å². The third kappa shape index (κ3) is 4.15. The molecule has 1 aliphatic rings. The summed E-state index contributed by atoms with van der Waals surface area (Å²) in [5.74, 6) is 0.395. The number of nitrogens with zero attached hydrogens (tertiary/aromatic N) is 2. The summed E-state index contributed by atoms with van der Waals surface area (Å²) in [7, 11) is -1.20. The minimum atomic E-state index is -4.17. The van der Waals surface area contributed by atoms with Crippen molar-refractivity contribution in [3.05, 3.63) is 72.3 Å². The number of carbonyl (C=O) groups is 2. The molecule has 3 aromatic carbocycles. The van der Waals surface area contributed by atoms with E-state index in [1.807, 2.05) is 0 Å². The standard InChI is InChI=1S/C24H23N3O6S/c1-16-7-6-8-17(13-16)27-24(29)26(20-9-4-5-10-22(20)34(27,30)31)15-23(28)25-19-12-11-18(32-2)14-21(19)33-3/h4-14H,15H2,1-3H3,(H,25,28). The van der Waals surface area contributed by atoms with Crippen LogP contribution >= 0.6 is 0 Å². The summed E-state index contributed by atoms with van der Waals surface area (Å²) in [5.41, 5.74) is 1.50. The number of aryl methyl sites for hydroxylation is 1. The molecule has 0 bridgehead atoms. The lowest BCUT2D eigenvalue weighted by Crippen LogP contribution is -2.53. The van der Waals surface area contributed by atoms with Crippen LogP contribution in [0.3, 0.4) is 0 Å². The predicted octanol–water partition coefficient (Wildman–Crippen LogP) is 3.79. The van der Waals surface area contributed by atoms with E-state index in [1.165, 1.54) is 32.4 Å². The predicted molar refractivity (Wildman–Crippen MR) is 128 cm³/mol. The van der Waals surface area contributed by atoms with Crippen LogP contribution in [0.4, 0.5) is 21.9 Å². The van der Waals surface area contributed by atoms with Gasteiger partial charge in [-0.25, -0.2) is 13.2 Å². The van der Waals surface area contributed by atoms with Crippen molar-refractivity contribution in [2.24, 2.45) is 0 Å². The van der Waals surface area contributed by atoms with Gasteiger partial charge in [0.1, 0.15) is 22.9 Å². The highest BCUT2D eigenvalue weighted by Gasteiger charge is 2.43. The van der Waals surface area contributed by atoms with E-state index in [0.717, 1.165) is 14.8 Å². The molecule has 0 radical (unpaired) electrons. The number of methoxy groups -OCH3 is 2. The molecule has 0 saturated heterocycles. The zero-order chi connectivity index (χ0) is 24.5. The molecular weight excluding hydrogens is 458 g/mol. The van der Waals surface area contributed by atoms with Crippen molar-refractivity contribution in [2.45, 2.75) is 11.8 Å². The number of carbonyl (C=O) groups excluding carboxylic acids is 2. The van der Waals surface area contributed by atoms with Gasteiger partial charge in [0.15, 0.2) is 0 Å². The molecule has 4 rings (SSSR count). The van der Waals surface area contributed by atoms with Crippen LogP contribution in [0.25, 0.3) is 0 Å². The third-order valence-corrected chi connectivity index (χ3v) is 7.05. The Balaban J connectivity index is 1.70. The Morgan fingerprint density at radius 1 is 0.971 bits per heavy atom. The van der Waals surface area contributed by atoms with Crippen LogP contribution in [0.1, 0.15) is 5.56 Å². The molecule has 1 aliphatic heterocycles. The normalized spacial score (nSPS) is 14.4. The second-order valence-corrected chi connectivity index (χ2v) is 9.31. The fourth-order valence-electron chi connectivity index (χ4n) is 3.70. The molecule has 3 aromatic rings. The van der Waals surface area contributed by atoms with Gasteiger partial charge in [-0.2, -0.15) is 4.31 Å². The maximum Gasteiger partial charge on any atom is 0.343 e. The summed E-state index contributed by atoms with van der Waals surface area (Å²) in [6.07, 6.45) is 0. The van der Waals surface area contributed by atoms with E-state index in [9.17, 15) is 18.0 Å². The molecule has 0 fully saturated rings. The minimum Gasteiger partial charge on any atom is -0.497 e. The number of fused-ring (bicyclic) bond motifs is 1. The fraction of sp³-hybridized carbons (Fsp3) is 0.167. The van der Waals surface area contributed by atoms with Crippen molar-refractivity contribution in [3.63, 3.8) is 0 Å². The third-order valence-electron chi connectivity index (χ3n) is 5.30. The van der Waals surface area contributed by atoms with E-state index in [1.54, 1.807) is 55.5 Å². The number of hydrogen-bond donors (Lipinski definition) is 1. The summed E-state index contributed by atoms with van der Waals surface area (Å²) in [6.45, 7) is 1.38. The number of para-hydroxylation sites is 1. The topological polar surface area (TPSA) is 105 Å². The Hall–Kier alpha value is -4.05. The van der Waals surface area contributed by atoms with Gasteiger partial charge in [0.25, 0.3) is 10.0 Å². The summed E-state index contributed by atoms with van der Waals surface area (Å²) in [4.78, 5) is 27.5. The molecule has 0 aromatic heterocycles. The van der Waals surface area contributed by atoms with Crippen LogP contribution in [0, 0.1) is 6.92 Å². The summed E-state index contributed by atoms with van der Waals surface area (Å²) in [6, 6.07) is 16.7. The lowest BCUT2D eigenvalue weighted by atomic mass is 10.2. The number of sulfonamides is 1. The van der Waals surface area contributed by atoms with Crippen LogP contribution in [-0.2, 0) is 14.8 Å². The van der Waals surface area contributed by atoms with E-state index < -0.39 is 28.5 Å². The number of urea groups is 1. The molecule has 0 unspecified atom stereocenters. The second kappa shape index (κ2) is 9.06. The van der Waals surface area contributed by atoms with Gasteiger partial charge in [-0.1, -0.05) is 24.3 Å². The highest BCUT2D eigenvalue weighted by molar-refractivity contribution is 7.94. The van der Waals surface area contributed by atoms with Crippen molar-refractivity contribution < 1.29 is 27.5 Å². The molecule has 34 heavy (non-hydrogen) atoms. The summed E-state index contributed by atoms with van der Waals surface area (Å²) < 4.78 is 37.9. The highest BCUT2D eigenvalue weighted by Crippen LogP contribution is 2.37. The maximum atomic E-state index is 13.5. The zero-order valence-electron chi connectivity index (χ0n) is 18.8. The first-order chi connectivity index (χ1) is 16.3. The molecule has 1 N–H and O–H groups in total. The second-order valence-electron chi connectivity index (χ2n) is 7.56. The first kappa shape index (κ1) is 23.1. The number of ether oxygens (including phenoxy) is 2. The maximum absolute atomic E-state index is 13.5. The Bertz CT molecular complexity index is 1370. The van der Waals surface area contributed by atoms with Gasteiger partial charge >= 0.3 is 6.03 Å². The van der Waals surface area contributed by atoms with Gasteiger partial charge in [0.05, 0.1) is 31.3 Å². The molecular formula is C24H23N3O6S. The van der Waals surface area contributed by atoms with Crippen LogP contribution < -0.4 is 24.0 Å². The van der Waals surface area contributed by atoms with Crippen LogP contribution in [0.2, 0.25) is 0 Å². The molecule has 176 valence electrons. The molecule has 0 spiro atoms. The number of anilines is 3. The molecule has 10 heteroatoms.